The molecule has 0 atom stereocenters. The first-order chi connectivity index (χ1) is 9.93. The molecule has 7 heteroatoms. The van der Waals surface area contributed by atoms with Crippen LogP contribution in [0.1, 0.15) is 13.3 Å². The van der Waals surface area contributed by atoms with Crippen molar-refractivity contribution in [2.75, 3.05) is 26.0 Å². The van der Waals surface area contributed by atoms with E-state index < -0.39 is 0 Å². The highest BCUT2D eigenvalue weighted by molar-refractivity contribution is 8.00. The maximum atomic E-state index is 12.0. The van der Waals surface area contributed by atoms with Crippen LogP contribution in [0.2, 0.25) is 10.0 Å². The molecule has 0 saturated carbocycles. The van der Waals surface area contributed by atoms with Crippen LogP contribution < -0.4 is 0 Å². The Morgan fingerprint density at radius 2 is 2.05 bits per heavy atom. The first-order valence-corrected chi connectivity index (χ1v) is 8.15. The summed E-state index contributed by atoms with van der Waals surface area (Å²) in [5, 5.41) is 1.14. The lowest BCUT2D eigenvalue weighted by molar-refractivity contribution is -0.143. The van der Waals surface area contributed by atoms with Gasteiger partial charge in [0.1, 0.15) is 0 Å². The highest BCUT2D eigenvalue weighted by atomic mass is 35.5. The monoisotopic (exact) mass is 349 g/mol. The molecule has 1 rings (SSSR count). The molecule has 0 aliphatic heterocycles. The third-order valence-electron chi connectivity index (χ3n) is 2.63. The van der Waals surface area contributed by atoms with Gasteiger partial charge in [-0.3, -0.25) is 9.59 Å². The van der Waals surface area contributed by atoms with Crippen LogP contribution in [-0.2, 0) is 14.3 Å². The van der Waals surface area contributed by atoms with Crippen LogP contribution in [0.15, 0.2) is 23.1 Å². The van der Waals surface area contributed by atoms with Crippen molar-refractivity contribution < 1.29 is 14.3 Å². The number of benzene rings is 1. The lowest BCUT2D eigenvalue weighted by atomic mass is 10.4. The van der Waals surface area contributed by atoms with Gasteiger partial charge in [-0.25, -0.2) is 0 Å². The zero-order chi connectivity index (χ0) is 15.8. The number of amides is 1. The van der Waals surface area contributed by atoms with Gasteiger partial charge in [0.05, 0.1) is 23.8 Å². The van der Waals surface area contributed by atoms with E-state index in [-0.39, 0.29) is 24.1 Å². The molecule has 0 spiro atoms. The summed E-state index contributed by atoms with van der Waals surface area (Å²) >= 11 is 13.2. The van der Waals surface area contributed by atoms with Crippen LogP contribution in [0, 0.1) is 0 Å². The van der Waals surface area contributed by atoms with Gasteiger partial charge in [0.2, 0.25) is 5.91 Å². The number of esters is 1. The third kappa shape index (κ3) is 6.59. The molecule has 1 aromatic carbocycles. The van der Waals surface area contributed by atoms with E-state index >= 15 is 0 Å². The molecule has 116 valence electrons. The van der Waals surface area contributed by atoms with Crippen molar-refractivity contribution in [1.29, 1.82) is 0 Å². The summed E-state index contributed by atoms with van der Waals surface area (Å²) in [6, 6.07) is 5.11. The van der Waals surface area contributed by atoms with E-state index in [4.69, 9.17) is 27.9 Å². The van der Waals surface area contributed by atoms with Crippen LogP contribution in [0.5, 0.6) is 0 Å². The normalized spacial score (nSPS) is 10.3. The van der Waals surface area contributed by atoms with Gasteiger partial charge in [-0.2, -0.15) is 0 Å². The van der Waals surface area contributed by atoms with Crippen LogP contribution in [0.25, 0.3) is 0 Å². The van der Waals surface area contributed by atoms with Gasteiger partial charge in [-0.1, -0.05) is 23.2 Å². The second-order valence-corrected chi connectivity index (χ2v) is 6.09. The molecule has 0 fully saturated rings. The Bertz CT molecular complexity index is 511. The Morgan fingerprint density at radius 3 is 2.71 bits per heavy atom. The van der Waals surface area contributed by atoms with Crippen molar-refractivity contribution in [2.45, 2.75) is 18.2 Å². The smallest absolute Gasteiger partial charge is 0.307 e. The van der Waals surface area contributed by atoms with Crippen LogP contribution in [-0.4, -0.2) is 42.7 Å². The Kier molecular flexibility index (Phi) is 7.93. The highest BCUT2D eigenvalue weighted by Gasteiger charge is 2.12. The zero-order valence-electron chi connectivity index (χ0n) is 11.9. The fourth-order valence-corrected chi connectivity index (χ4v) is 2.89. The number of ether oxygens (including phenoxy) is 1. The number of carbonyl (C=O) groups excluding carboxylic acids is 2. The van der Waals surface area contributed by atoms with Gasteiger partial charge in [-0.05, 0) is 25.1 Å². The van der Waals surface area contributed by atoms with Gasteiger partial charge in [0, 0.05) is 23.5 Å². The van der Waals surface area contributed by atoms with Crippen molar-refractivity contribution in [3.05, 3.63) is 28.2 Å². The average molecular weight is 350 g/mol. The Labute approximate surface area is 138 Å². The minimum absolute atomic E-state index is 0.0830. The first kappa shape index (κ1) is 18.1. The topological polar surface area (TPSA) is 46.6 Å². The van der Waals surface area contributed by atoms with Crippen molar-refractivity contribution >= 4 is 46.8 Å². The fourth-order valence-electron chi connectivity index (χ4n) is 1.45. The molecule has 4 nitrogen and oxygen atoms in total. The first-order valence-electron chi connectivity index (χ1n) is 6.41. The maximum absolute atomic E-state index is 12.0. The molecule has 1 aromatic rings. The molecule has 0 aromatic heterocycles. The molecule has 0 N–H and O–H groups in total. The van der Waals surface area contributed by atoms with Crippen LogP contribution >= 0.6 is 35.0 Å². The van der Waals surface area contributed by atoms with E-state index in [2.05, 4.69) is 0 Å². The van der Waals surface area contributed by atoms with Gasteiger partial charge in [0.15, 0.2) is 0 Å². The molecule has 21 heavy (non-hydrogen) atoms. The van der Waals surface area contributed by atoms with Crippen LogP contribution in [0.3, 0.4) is 0 Å². The number of carbonyl (C=O) groups is 2. The van der Waals surface area contributed by atoms with Gasteiger partial charge >= 0.3 is 5.97 Å². The predicted molar refractivity (Wildman–Crippen MR) is 86.1 cm³/mol. The third-order valence-corrected chi connectivity index (χ3v) is 4.34. The van der Waals surface area contributed by atoms with Crippen molar-refractivity contribution in [1.82, 2.24) is 4.90 Å². The number of halogens is 2. The highest BCUT2D eigenvalue weighted by Crippen LogP contribution is 2.29. The minimum Gasteiger partial charge on any atom is -0.466 e. The molecule has 0 radical (unpaired) electrons. The minimum atomic E-state index is -0.303. The summed E-state index contributed by atoms with van der Waals surface area (Å²) < 4.78 is 4.82. The predicted octanol–water partition coefficient (Wildman–Crippen LogP) is 3.50. The summed E-state index contributed by atoms with van der Waals surface area (Å²) in [5.41, 5.74) is 0. The second kappa shape index (κ2) is 9.18. The maximum Gasteiger partial charge on any atom is 0.307 e. The average Bonchev–Trinajstić information content (AvgIpc) is 2.45. The molecule has 1 amide bonds. The molecular formula is C14H17Cl2NO3S. The molecule has 0 bridgehead atoms. The number of hydrogen-bond acceptors (Lipinski definition) is 4. The largest absolute Gasteiger partial charge is 0.466 e. The van der Waals surface area contributed by atoms with E-state index in [1.165, 1.54) is 16.7 Å². The van der Waals surface area contributed by atoms with E-state index in [1.807, 2.05) is 0 Å². The summed E-state index contributed by atoms with van der Waals surface area (Å²) in [6.45, 7) is 2.43. The zero-order valence-corrected chi connectivity index (χ0v) is 14.2. The molecule has 0 unspecified atom stereocenters. The molecule has 0 saturated heterocycles. The van der Waals surface area contributed by atoms with Crippen molar-refractivity contribution in [3.63, 3.8) is 0 Å². The number of nitrogens with zero attached hydrogens (tertiary/aromatic N) is 1. The molecular weight excluding hydrogens is 333 g/mol. The molecule has 0 aliphatic rings. The summed E-state index contributed by atoms with van der Waals surface area (Å²) in [7, 11) is 1.65. The molecule has 0 aliphatic carbocycles. The Morgan fingerprint density at radius 1 is 1.33 bits per heavy atom. The second-order valence-electron chi connectivity index (χ2n) is 4.23. The quantitative estimate of drug-likeness (QED) is 0.558. The van der Waals surface area contributed by atoms with Gasteiger partial charge in [-0.15, -0.1) is 11.8 Å². The summed E-state index contributed by atoms with van der Waals surface area (Å²) in [5.74, 6) is -0.151. The van der Waals surface area contributed by atoms with Crippen molar-refractivity contribution in [3.8, 4) is 0 Å². The number of hydrogen-bond donors (Lipinski definition) is 0. The SMILES string of the molecule is CCOC(=O)CCN(C)C(=O)CSc1cc(Cl)ccc1Cl. The van der Waals surface area contributed by atoms with E-state index in [9.17, 15) is 9.59 Å². The lowest BCUT2D eigenvalue weighted by Crippen LogP contribution is -2.30. The fraction of sp³-hybridized carbons (Fsp3) is 0.429. The van der Waals surface area contributed by atoms with E-state index in [0.717, 1.165) is 4.90 Å². The lowest BCUT2D eigenvalue weighted by Gasteiger charge is -2.16. The number of rotatable bonds is 7. The van der Waals surface area contributed by atoms with Gasteiger partial charge in [0.25, 0.3) is 0 Å². The van der Waals surface area contributed by atoms with Crippen molar-refractivity contribution in [2.24, 2.45) is 0 Å². The van der Waals surface area contributed by atoms with Crippen LogP contribution in [0.4, 0.5) is 0 Å². The summed E-state index contributed by atoms with van der Waals surface area (Å²) in [4.78, 5) is 25.5. The Hall–Kier alpha value is -0.910. The Balaban J connectivity index is 2.42. The van der Waals surface area contributed by atoms with E-state index in [1.54, 1.807) is 32.2 Å². The van der Waals surface area contributed by atoms with Gasteiger partial charge < -0.3 is 9.64 Å². The molecule has 0 heterocycles. The summed E-state index contributed by atoms with van der Waals surface area (Å²) in [6.07, 6.45) is 0.193. The van der Waals surface area contributed by atoms with E-state index in [0.29, 0.717) is 23.2 Å². The standard InChI is InChI=1S/C14H17Cl2NO3S/c1-3-20-14(19)6-7-17(2)13(18)9-21-12-8-10(15)4-5-11(12)16/h4-5,8H,3,6-7,9H2,1-2H3. The number of thioether (sulfide) groups is 1.